The highest BCUT2D eigenvalue weighted by Gasteiger charge is 1.64. The summed E-state index contributed by atoms with van der Waals surface area (Å²) in [5.41, 5.74) is 0. The molecule has 3 nitrogen and oxygen atoms in total. The predicted octanol–water partition coefficient (Wildman–Crippen LogP) is 1.20. The topological polar surface area (TPSA) is 48.5 Å². The van der Waals surface area contributed by atoms with Gasteiger partial charge >= 0.3 is 0 Å². The van der Waals surface area contributed by atoms with Crippen LogP contribution in [0.2, 0.25) is 0 Å². The summed E-state index contributed by atoms with van der Waals surface area (Å²) in [4.78, 5) is 0. The second-order valence-electron chi connectivity index (χ2n) is 0.464. The van der Waals surface area contributed by atoms with Crippen molar-refractivity contribution < 1.29 is 0 Å². The first kappa shape index (κ1) is 5.44. The Morgan fingerprint density at radius 2 is 2.50 bits per heavy atom. The van der Waals surface area contributed by atoms with Crippen LogP contribution in [0.3, 0.4) is 0 Å². The van der Waals surface area contributed by atoms with Gasteiger partial charge in [0.15, 0.2) is 5.40 Å². The van der Waals surface area contributed by atoms with Gasteiger partial charge in [0.25, 0.3) is 0 Å². The van der Waals surface area contributed by atoms with E-state index in [0.29, 0.717) is 0 Å². The summed E-state index contributed by atoms with van der Waals surface area (Å²) < 4.78 is 3.27. The average molecular weight is 101 g/mol. The summed E-state index contributed by atoms with van der Waals surface area (Å²) >= 11 is 0.772. The van der Waals surface area contributed by atoms with Gasteiger partial charge in [-0.15, -0.1) is 4.52 Å². The van der Waals surface area contributed by atoms with Gasteiger partial charge in [0.2, 0.25) is 0 Å². The molecule has 0 fully saturated rings. The molecule has 0 aromatic carbocycles. The van der Waals surface area contributed by atoms with Gasteiger partial charge in [-0.05, 0) is 0 Å². The van der Waals surface area contributed by atoms with Crippen molar-refractivity contribution in [3.63, 3.8) is 0 Å². The lowest BCUT2D eigenvalue weighted by Crippen LogP contribution is -1.38. The van der Waals surface area contributed by atoms with E-state index < -0.39 is 0 Å². The monoisotopic (exact) mass is 101 g/mol. The number of hydrogen-bond acceptors (Lipinski definition) is 4. The minimum absolute atomic E-state index is 0.772. The Kier molecular flexibility index (Phi) is 4.03. The first-order chi connectivity index (χ1) is 2.91. The zero-order valence-corrected chi connectivity index (χ0v) is 4.07. The number of nitriles is 1. The zero-order chi connectivity index (χ0) is 4.83. The van der Waals surface area contributed by atoms with Crippen LogP contribution in [0.4, 0.5) is 0 Å². The van der Waals surface area contributed by atoms with Crippen LogP contribution in [0.25, 0.3) is 0 Å². The lowest BCUT2D eigenvalue weighted by Gasteiger charge is -1.62. The van der Waals surface area contributed by atoms with Crippen LogP contribution in [-0.2, 0) is 0 Å². The van der Waals surface area contributed by atoms with Gasteiger partial charge in [0.1, 0.15) is 11.9 Å². The van der Waals surface area contributed by atoms with Gasteiger partial charge in [-0.2, -0.15) is 10.4 Å². The minimum atomic E-state index is 0.772. The highest BCUT2D eigenvalue weighted by molar-refractivity contribution is 8.02. The molecule has 0 aromatic heterocycles. The van der Waals surface area contributed by atoms with Crippen molar-refractivity contribution in [3.05, 3.63) is 0 Å². The van der Waals surface area contributed by atoms with E-state index in [1.807, 2.05) is 0 Å². The van der Waals surface area contributed by atoms with E-state index in [1.165, 1.54) is 7.05 Å². The van der Waals surface area contributed by atoms with Crippen molar-refractivity contribution in [2.75, 3.05) is 7.05 Å². The van der Waals surface area contributed by atoms with Crippen LogP contribution in [0.1, 0.15) is 0 Å². The Labute approximate surface area is 40.2 Å². The lowest BCUT2D eigenvalue weighted by molar-refractivity contribution is 1.26. The number of nitrogens with zero attached hydrogens (tertiary/aromatic N) is 3. The van der Waals surface area contributed by atoms with Crippen LogP contribution in [0, 0.1) is 10.7 Å². The average Bonchev–Trinajstić information content (AvgIpc) is 1.61. The fourth-order valence-electron chi connectivity index (χ4n) is 0.0591. The summed E-state index contributed by atoms with van der Waals surface area (Å²) in [6.07, 6.45) is 0. The van der Waals surface area contributed by atoms with Gasteiger partial charge in [0, 0.05) is 7.05 Å². The van der Waals surface area contributed by atoms with E-state index in [2.05, 4.69) is 9.63 Å². The maximum Gasteiger partial charge on any atom is 0.159 e. The molecule has 0 saturated heterocycles. The van der Waals surface area contributed by atoms with Crippen molar-refractivity contribution >= 4 is 11.9 Å². The molecular formula is C2H3N3S. The van der Waals surface area contributed by atoms with Crippen molar-refractivity contribution in [1.82, 2.24) is 0 Å². The predicted molar refractivity (Wildman–Crippen MR) is 24.0 cm³/mol. The molecule has 0 unspecified atom stereocenters. The molecule has 0 saturated carbocycles. The van der Waals surface area contributed by atoms with Crippen LogP contribution in [-0.4, -0.2) is 7.05 Å². The molecule has 6 heavy (non-hydrogen) atoms. The van der Waals surface area contributed by atoms with E-state index in [0.717, 1.165) is 11.9 Å². The van der Waals surface area contributed by atoms with Crippen molar-refractivity contribution in [2.24, 2.45) is 9.63 Å². The van der Waals surface area contributed by atoms with Crippen molar-refractivity contribution in [1.29, 1.82) is 5.26 Å². The molecule has 0 aliphatic heterocycles. The molecule has 0 spiro atoms. The number of rotatable bonds is 1. The van der Waals surface area contributed by atoms with Crippen LogP contribution in [0.5, 0.6) is 0 Å². The van der Waals surface area contributed by atoms with E-state index in [1.54, 1.807) is 5.40 Å². The SMILES string of the molecule is CN=NSC#N. The molecule has 32 valence electrons. The zero-order valence-electron chi connectivity index (χ0n) is 3.25. The summed E-state index contributed by atoms with van der Waals surface area (Å²) in [6.45, 7) is 0. The molecule has 0 heterocycles. The Morgan fingerprint density at radius 3 is 2.67 bits per heavy atom. The summed E-state index contributed by atoms with van der Waals surface area (Å²) in [5, 5.41) is 12.8. The Balaban J connectivity index is 2.92. The number of hydrogen-bond donors (Lipinski definition) is 0. The third-order valence-electron chi connectivity index (χ3n) is 0.163. The highest BCUT2D eigenvalue weighted by atomic mass is 32.2. The third kappa shape index (κ3) is 3.44. The molecule has 0 aliphatic rings. The third-order valence-corrected chi connectivity index (χ3v) is 0.490. The molecule has 0 aromatic rings. The number of thiocyanates is 1. The molecule has 0 N–H and O–H groups in total. The van der Waals surface area contributed by atoms with Crippen molar-refractivity contribution in [3.8, 4) is 5.40 Å². The van der Waals surface area contributed by atoms with Crippen LogP contribution in [0.15, 0.2) is 9.63 Å². The first-order valence-electron chi connectivity index (χ1n) is 1.26. The van der Waals surface area contributed by atoms with Gasteiger partial charge in [0.05, 0.1) is 0 Å². The van der Waals surface area contributed by atoms with E-state index >= 15 is 0 Å². The smallest absolute Gasteiger partial charge is 0.159 e. The van der Waals surface area contributed by atoms with Crippen LogP contribution < -0.4 is 0 Å². The van der Waals surface area contributed by atoms with Gasteiger partial charge in [-0.3, -0.25) is 0 Å². The maximum atomic E-state index is 7.76. The first-order valence-corrected chi connectivity index (χ1v) is 2.03. The van der Waals surface area contributed by atoms with Gasteiger partial charge < -0.3 is 0 Å². The molecule has 4 heteroatoms. The molecule has 0 atom stereocenters. The molecular weight excluding hydrogens is 98.1 g/mol. The van der Waals surface area contributed by atoms with E-state index in [-0.39, 0.29) is 0 Å². The molecule has 0 bridgehead atoms. The van der Waals surface area contributed by atoms with Gasteiger partial charge in [-0.1, -0.05) is 0 Å². The Morgan fingerprint density at radius 1 is 1.83 bits per heavy atom. The summed E-state index contributed by atoms with van der Waals surface area (Å²) in [6, 6.07) is 0. The van der Waals surface area contributed by atoms with Crippen LogP contribution >= 0.6 is 11.9 Å². The maximum absolute atomic E-state index is 7.76. The highest BCUT2D eigenvalue weighted by Crippen LogP contribution is 1.94. The fourth-order valence-corrected chi connectivity index (χ4v) is 0.177. The second-order valence-corrected chi connectivity index (χ2v) is 0.993. The fraction of sp³-hybridized carbons (Fsp3) is 0.500. The van der Waals surface area contributed by atoms with E-state index in [4.69, 9.17) is 5.26 Å². The van der Waals surface area contributed by atoms with Gasteiger partial charge in [-0.25, -0.2) is 0 Å². The molecule has 0 aliphatic carbocycles. The quantitative estimate of drug-likeness (QED) is 0.283. The standard InChI is InChI=1S/C2H3N3S/c1-4-5-6-2-3/h1H3. The Bertz CT molecular complexity index is 81.3. The minimum Gasteiger partial charge on any atom is -0.184 e. The lowest BCUT2D eigenvalue weighted by atomic mass is 11.6. The summed E-state index contributed by atoms with van der Waals surface area (Å²) in [7, 11) is 1.52. The Hall–Kier alpha value is -0.560. The molecule has 0 radical (unpaired) electrons. The summed E-state index contributed by atoms with van der Waals surface area (Å²) in [5.74, 6) is 0. The van der Waals surface area contributed by atoms with Crippen molar-refractivity contribution in [2.45, 2.75) is 0 Å². The second kappa shape index (κ2) is 4.44. The molecule has 0 rings (SSSR count). The normalized spacial score (nSPS) is 8.67. The largest absolute Gasteiger partial charge is 0.184 e. The van der Waals surface area contributed by atoms with E-state index in [9.17, 15) is 0 Å². The molecule has 0 amide bonds.